The van der Waals surface area contributed by atoms with Gasteiger partial charge in [0.25, 0.3) is 0 Å². The Bertz CT molecular complexity index is 709. The fourth-order valence-corrected chi connectivity index (χ4v) is 4.15. The molecule has 0 saturated carbocycles. The molecule has 0 unspecified atom stereocenters. The largest absolute Gasteiger partial charge is 0.448 e. The number of thiophene rings is 1. The lowest BCUT2D eigenvalue weighted by molar-refractivity contribution is 0.142. The topological polar surface area (TPSA) is 58.6 Å². The summed E-state index contributed by atoms with van der Waals surface area (Å²) in [6.07, 6.45) is 1.77. The molecule has 4 heterocycles. The van der Waals surface area contributed by atoms with Crippen molar-refractivity contribution < 1.29 is 9.53 Å². The van der Waals surface area contributed by atoms with Crippen LogP contribution in [0.2, 0.25) is 0 Å². The molecule has 7 heteroatoms. The number of piperidine rings is 1. The predicted octanol–water partition coefficient (Wildman–Crippen LogP) is 2.42. The lowest BCUT2D eigenvalue weighted by Crippen LogP contribution is -2.45. The third-order valence-electron chi connectivity index (χ3n) is 4.39. The van der Waals surface area contributed by atoms with Gasteiger partial charge in [0.2, 0.25) is 0 Å². The minimum absolute atomic E-state index is 0.156. The Morgan fingerprint density at radius 1 is 1.27 bits per heavy atom. The van der Waals surface area contributed by atoms with Gasteiger partial charge in [0.05, 0.1) is 16.8 Å². The normalized spacial score (nSPS) is 20.0. The first-order valence-corrected chi connectivity index (χ1v) is 8.50. The molecular weight excluding hydrogens is 300 g/mol. The van der Waals surface area contributed by atoms with E-state index in [1.807, 2.05) is 17.9 Å². The van der Waals surface area contributed by atoms with Crippen LogP contribution >= 0.6 is 11.3 Å². The zero-order valence-electron chi connectivity index (χ0n) is 12.5. The summed E-state index contributed by atoms with van der Waals surface area (Å²) in [5.74, 6) is 1.85. The molecule has 0 radical (unpaired) electrons. The Labute approximate surface area is 132 Å². The van der Waals surface area contributed by atoms with Crippen molar-refractivity contribution in [1.82, 2.24) is 14.9 Å². The Kier molecular flexibility index (Phi) is 3.37. The van der Waals surface area contributed by atoms with Crippen LogP contribution in [-0.2, 0) is 4.74 Å². The number of carbonyl (C=O) groups is 1. The first kappa shape index (κ1) is 13.8. The van der Waals surface area contributed by atoms with E-state index in [-0.39, 0.29) is 6.09 Å². The van der Waals surface area contributed by atoms with Gasteiger partial charge in [0.15, 0.2) is 0 Å². The van der Waals surface area contributed by atoms with Gasteiger partial charge >= 0.3 is 6.09 Å². The molecule has 116 valence electrons. The van der Waals surface area contributed by atoms with E-state index in [9.17, 15) is 4.79 Å². The van der Waals surface area contributed by atoms with E-state index in [1.54, 1.807) is 11.3 Å². The number of anilines is 1. The van der Waals surface area contributed by atoms with E-state index >= 15 is 0 Å². The van der Waals surface area contributed by atoms with Crippen LogP contribution in [0.3, 0.4) is 0 Å². The van der Waals surface area contributed by atoms with E-state index in [1.165, 1.54) is 0 Å². The van der Waals surface area contributed by atoms with E-state index < -0.39 is 0 Å². The first-order chi connectivity index (χ1) is 10.7. The standard InChI is InChI=1S/C15H18N4O2S/c1-10-16-12-4-9-22-13(12)14(17-10)18-5-2-11(3-6-18)19-7-8-21-15(19)20/h4,9,11H,2-3,5-8H2,1H3. The number of amides is 1. The van der Waals surface area contributed by atoms with Crippen LogP contribution in [-0.4, -0.2) is 53.2 Å². The third-order valence-corrected chi connectivity index (χ3v) is 5.29. The first-order valence-electron chi connectivity index (χ1n) is 7.62. The highest BCUT2D eigenvalue weighted by Crippen LogP contribution is 2.31. The van der Waals surface area contributed by atoms with Crippen LogP contribution in [0, 0.1) is 6.92 Å². The molecule has 0 spiro atoms. The Morgan fingerprint density at radius 2 is 2.09 bits per heavy atom. The zero-order valence-corrected chi connectivity index (χ0v) is 13.3. The second-order valence-electron chi connectivity index (χ2n) is 5.76. The molecule has 2 aliphatic heterocycles. The van der Waals surface area contributed by atoms with Gasteiger partial charge in [-0.05, 0) is 31.2 Å². The Hall–Kier alpha value is -1.89. The van der Waals surface area contributed by atoms with Crippen molar-refractivity contribution in [2.75, 3.05) is 31.1 Å². The molecule has 0 bridgehead atoms. The van der Waals surface area contributed by atoms with Crippen LogP contribution in [0.4, 0.5) is 10.6 Å². The monoisotopic (exact) mass is 318 g/mol. The highest BCUT2D eigenvalue weighted by Gasteiger charge is 2.32. The molecule has 6 nitrogen and oxygen atoms in total. The van der Waals surface area contributed by atoms with Crippen molar-refractivity contribution in [3.8, 4) is 0 Å². The second kappa shape index (κ2) is 5.39. The number of ether oxygens (including phenoxy) is 1. The van der Waals surface area contributed by atoms with Crippen LogP contribution in [0.5, 0.6) is 0 Å². The summed E-state index contributed by atoms with van der Waals surface area (Å²) in [6.45, 7) is 5.02. The van der Waals surface area contributed by atoms with E-state index in [2.05, 4.69) is 20.2 Å². The van der Waals surface area contributed by atoms with Gasteiger partial charge in [-0.2, -0.15) is 0 Å². The van der Waals surface area contributed by atoms with Gasteiger partial charge in [0.1, 0.15) is 18.2 Å². The van der Waals surface area contributed by atoms with Gasteiger partial charge in [-0.1, -0.05) is 0 Å². The highest BCUT2D eigenvalue weighted by molar-refractivity contribution is 7.17. The molecule has 0 aliphatic carbocycles. The minimum Gasteiger partial charge on any atom is -0.448 e. The summed E-state index contributed by atoms with van der Waals surface area (Å²) < 4.78 is 6.20. The van der Waals surface area contributed by atoms with E-state index in [0.717, 1.165) is 54.3 Å². The average Bonchev–Trinajstić information content (AvgIpc) is 3.15. The molecule has 2 aromatic rings. The molecule has 2 fully saturated rings. The summed E-state index contributed by atoms with van der Waals surface area (Å²) in [4.78, 5) is 25.0. The molecular formula is C15H18N4O2S. The van der Waals surface area contributed by atoms with Crippen LogP contribution < -0.4 is 4.90 Å². The number of aryl methyl sites for hydroxylation is 1. The van der Waals surface area contributed by atoms with Crippen molar-refractivity contribution in [1.29, 1.82) is 0 Å². The molecule has 22 heavy (non-hydrogen) atoms. The SMILES string of the molecule is Cc1nc(N2CCC(N3CCOC3=O)CC2)c2sccc2n1. The Morgan fingerprint density at radius 3 is 2.82 bits per heavy atom. The summed E-state index contributed by atoms with van der Waals surface area (Å²) in [6, 6.07) is 2.35. The number of nitrogens with zero attached hydrogens (tertiary/aromatic N) is 4. The number of hydrogen-bond acceptors (Lipinski definition) is 6. The van der Waals surface area contributed by atoms with Crippen molar-refractivity contribution in [3.63, 3.8) is 0 Å². The number of fused-ring (bicyclic) bond motifs is 1. The van der Waals surface area contributed by atoms with E-state index in [4.69, 9.17) is 4.74 Å². The van der Waals surface area contributed by atoms with E-state index in [0.29, 0.717) is 12.6 Å². The smallest absolute Gasteiger partial charge is 0.410 e. The van der Waals surface area contributed by atoms with Crippen LogP contribution in [0.1, 0.15) is 18.7 Å². The molecule has 1 amide bonds. The predicted molar refractivity (Wildman–Crippen MR) is 85.4 cm³/mol. The summed E-state index contributed by atoms with van der Waals surface area (Å²) >= 11 is 1.69. The van der Waals surface area contributed by atoms with Crippen LogP contribution in [0.15, 0.2) is 11.4 Å². The van der Waals surface area contributed by atoms with Crippen molar-refractivity contribution in [2.45, 2.75) is 25.8 Å². The number of aromatic nitrogens is 2. The molecule has 0 atom stereocenters. The molecule has 4 rings (SSSR count). The molecule has 2 saturated heterocycles. The molecule has 0 aromatic carbocycles. The van der Waals surface area contributed by atoms with Crippen molar-refractivity contribution >= 4 is 33.5 Å². The highest BCUT2D eigenvalue weighted by atomic mass is 32.1. The maximum absolute atomic E-state index is 11.7. The fraction of sp³-hybridized carbons (Fsp3) is 0.533. The number of hydrogen-bond donors (Lipinski definition) is 0. The van der Waals surface area contributed by atoms with Gasteiger partial charge < -0.3 is 14.5 Å². The van der Waals surface area contributed by atoms with Gasteiger partial charge in [-0.25, -0.2) is 14.8 Å². The summed E-state index contributed by atoms with van der Waals surface area (Å²) in [5.41, 5.74) is 1.03. The maximum atomic E-state index is 11.7. The van der Waals surface area contributed by atoms with Crippen molar-refractivity contribution in [3.05, 3.63) is 17.3 Å². The fourth-order valence-electron chi connectivity index (χ4n) is 3.30. The quantitative estimate of drug-likeness (QED) is 0.851. The lowest BCUT2D eigenvalue weighted by atomic mass is 10.0. The molecule has 2 aromatic heterocycles. The summed E-state index contributed by atoms with van der Waals surface area (Å²) in [7, 11) is 0. The van der Waals surface area contributed by atoms with Gasteiger partial charge in [0, 0.05) is 19.1 Å². The second-order valence-corrected chi connectivity index (χ2v) is 6.67. The summed E-state index contributed by atoms with van der Waals surface area (Å²) in [5, 5.41) is 2.06. The minimum atomic E-state index is -0.156. The average molecular weight is 318 g/mol. The van der Waals surface area contributed by atoms with Crippen molar-refractivity contribution in [2.24, 2.45) is 0 Å². The van der Waals surface area contributed by atoms with Crippen LogP contribution in [0.25, 0.3) is 10.2 Å². The van der Waals surface area contributed by atoms with Gasteiger partial charge in [-0.15, -0.1) is 11.3 Å². The zero-order chi connectivity index (χ0) is 15.1. The maximum Gasteiger partial charge on any atom is 0.410 e. The molecule has 0 N–H and O–H groups in total. The van der Waals surface area contributed by atoms with Gasteiger partial charge in [-0.3, -0.25) is 0 Å². The number of rotatable bonds is 2. The third kappa shape index (κ3) is 2.29. The Balaban J connectivity index is 1.53. The number of carbonyl (C=O) groups excluding carboxylic acids is 1. The lowest BCUT2D eigenvalue weighted by Gasteiger charge is -2.36. The molecule has 2 aliphatic rings. The number of cyclic esters (lactones) is 1.